The van der Waals surface area contributed by atoms with E-state index in [2.05, 4.69) is 28.8 Å². The van der Waals surface area contributed by atoms with Gasteiger partial charge in [0.2, 0.25) is 5.91 Å². The minimum absolute atomic E-state index is 0.0252. The van der Waals surface area contributed by atoms with Crippen LogP contribution in [0.5, 0.6) is 0 Å². The number of aromatic nitrogens is 1. The van der Waals surface area contributed by atoms with Crippen molar-refractivity contribution in [3.05, 3.63) is 70.1 Å². The predicted molar refractivity (Wildman–Crippen MR) is 156 cm³/mol. The number of fused-ring (bicyclic) bond motifs is 1. The van der Waals surface area contributed by atoms with Crippen molar-refractivity contribution in [1.82, 2.24) is 9.47 Å². The van der Waals surface area contributed by atoms with Crippen molar-refractivity contribution in [1.29, 1.82) is 0 Å². The number of nitrogens with zero attached hydrogens (tertiary/aromatic N) is 2. The summed E-state index contributed by atoms with van der Waals surface area (Å²) in [5, 5.41) is 10.8. The standard InChI is InChI=1S/C31H31ClN2O4S/c32-27-13-12-26(39-27)20-6-8-22(9-7-20)30-29(21-4-2-1-3-5-21)24-11-10-23(31(36)37)18-25(24)34(30)19-28(35)33-14-16-38-17-15-33/h6-13,18,21H,1-5,14-17,19H2,(H,36,37). The van der Waals surface area contributed by atoms with Crippen LogP contribution in [-0.4, -0.2) is 52.8 Å². The maximum Gasteiger partial charge on any atom is 0.335 e. The lowest BCUT2D eigenvalue weighted by Crippen LogP contribution is -2.42. The first-order chi connectivity index (χ1) is 19.0. The van der Waals surface area contributed by atoms with Gasteiger partial charge in [0.05, 0.1) is 34.3 Å². The normalized spacial score (nSPS) is 16.6. The molecule has 1 saturated carbocycles. The van der Waals surface area contributed by atoms with Crippen LogP contribution in [0.4, 0.5) is 0 Å². The summed E-state index contributed by atoms with van der Waals surface area (Å²) in [6.45, 7) is 2.37. The van der Waals surface area contributed by atoms with Gasteiger partial charge < -0.3 is 19.3 Å². The van der Waals surface area contributed by atoms with Gasteiger partial charge in [0, 0.05) is 23.4 Å². The molecular weight excluding hydrogens is 532 g/mol. The molecule has 0 unspecified atom stereocenters. The van der Waals surface area contributed by atoms with Crippen molar-refractivity contribution in [2.24, 2.45) is 0 Å². The molecule has 4 aromatic rings. The van der Waals surface area contributed by atoms with Crippen molar-refractivity contribution in [2.45, 2.75) is 44.6 Å². The first-order valence-corrected chi connectivity index (χ1v) is 14.8. The Labute approximate surface area is 236 Å². The lowest BCUT2D eigenvalue weighted by molar-refractivity contribution is -0.135. The molecule has 3 heterocycles. The van der Waals surface area contributed by atoms with Gasteiger partial charge >= 0.3 is 5.97 Å². The van der Waals surface area contributed by atoms with E-state index in [4.69, 9.17) is 16.3 Å². The molecule has 202 valence electrons. The summed E-state index contributed by atoms with van der Waals surface area (Å²) in [5.41, 5.74) is 5.42. The lowest BCUT2D eigenvalue weighted by Gasteiger charge is -2.28. The number of amides is 1. The zero-order valence-electron chi connectivity index (χ0n) is 21.7. The molecule has 1 N–H and O–H groups in total. The number of rotatable bonds is 6. The van der Waals surface area contributed by atoms with Crippen molar-refractivity contribution >= 4 is 45.7 Å². The Morgan fingerprint density at radius 3 is 2.33 bits per heavy atom. The van der Waals surface area contributed by atoms with Crippen LogP contribution in [-0.2, 0) is 16.1 Å². The Balaban J connectivity index is 1.53. The van der Waals surface area contributed by atoms with E-state index >= 15 is 0 Å². The van der Waals surface area contributed by atoms with Crippen molar-refractivity contribution < 1.29 is 19.4 Å². The van der Waals surface area contributed by atoms with E-state index < -0.39 is 5.97 Å². The Morgan fingerprint density at radius 2 is 1.67 bits per heavy atom. The monoisotopic (exact) mass is 562 g/mol. The molecule has 1 aliphatic carbocycles. The Bertz CT molecular complexity index is 1510. The van der Waals surface area contributed by atoms with Gasteiger partial charge in [0.25, 0.3) is 0 Å². The first kappa shape index (κ1) is 26.1. The predicted octanol–water partition coefficient (Wildman–Crippen LogP) is 7.29. The maximum atomic E-state index is 13.6. The van der Waals surface area contributed by atoms with Crippen LogP contribution in [0.25, 0.3) is 32.6 Å². The highest BCUT2D eigenvalue weighted by Gasteiger charge is 2.29. The number of carboxylic acids is 1. The zero-order chi connectivity index (χ0) is 26.9. The number of ether oxygens (including phenoxy) is 1. The van der Waals surface area contributed by atoms with Crippen LogP contribution >= 0.6 is 22.9 Å². The molecule has 2 aliphatic rings. The van der Waals surface area contributed by atoms with Crippen LogP contribution in [0.3, 0.4) is 0 Å². The molecule has 2 aromatic carbocycles. The average Bonchev–Trinajstić information content (AvgIpc) is 3.55. The van der Waals surface area contributed by atoms with Gasteiger partial charge in [0.15, 0.2) is 0 Å². The van der Waals surface area contributed by atoms with Gasteiger partial charge in [-0.05, 0) is 59.7 Å². The van der Waals surface area contributed by atoms with Crippen LogP contribution in [0.15, 0.2) is 54.6 Å². The molecule has 6 nitrogen and oxygen atoms in total. The van der Waals surface area contributed by atoms with E-state index in [-0.39, 0.29) is 18.0 Å². The molecule has 1 saturated heterocycles. The molecule has 0 bridgehead atoms. The summed E-state index contributed by atoms with van der Waals surface area (Å²) in [7, 11) is 0. The van der Waals surface area contributed by atoms with Crippen molar-refractivity contribution in [3.63, 3.8) is 0 Å². The van der Waals surface area contributed by atoms with Crippen molar-refractivity contribution in [3.8, 4) is 21.7 Å². The molecule has 0 spiro atoms. The second-order valence-corrected chi connectivity index (χ2v) is 12.1. The zero-order valence-corrected chi connectivity index (χ0v) is 23.3. The summed E-state index contributed by atoms with van der Waals surface area (Å²) >= 11 is 7.74. The minimum Gasteiger partial charge on any atom is -0.478 e. The third-order valence-electron chi connectivity index (χ3n) is 8.04. The highest BCUT2D eigenvalue weighted by molar-refractivity contribution is 7.19. The number of carbonyl (C=O) groups is 2. The van der Waals surface area contributed by atoms with Gasteiger partial charge in [-0.2, -0.15) is 0 Å². The second-order valence-electron chi connectivity index (χ2n) is 10.4. The first-order valence-electron chi connectivity index (χ1n) is 13.6. The molecule has 8 heteroatoms. The maximum absolute atomic E-state index is 13.6. The number of carboxylic acid groups (broad SMARTS) is 1. The highest BCUT2D eigenvalue weighted by Crippen LogP contribution is 2.45. The third kappa shape index (κ3) is 5.23. The SMILES string of the molecule is O=C(O)c1ccc2c(C3CCCCC3)c(-c3ccc(-c4ccc(Cl)s4)cc3)n(CC(=O)N3CCOCC3)c2c1. The van der Waals surface area contributed by atoms with E-state index in [1.165, 1.54) is 24.8 Å². The Kier molecular flexibility index (Phi) is 7.47. The smallest absolute Gasteiger partial charge is 0.335 e. The van der Waals surface area contributed by atoms with Gasteiger partial charge in [-0.1, -0.05) is 61.2 Å². The molecule has 39 heavy (non-hydrogen) atoms. The Hall–Kier alpha value is -3.13. The molecule has 0 radical (unpaired) electrons. The number of halogens is 1. The van der Waals surface area contributed by atoms with Gasteiger partial charge in [-0.3, -0.25) is 4.79 Å². The highest BCUT2D eigenvalue weighted by atomic mass is 35.5. The number of hydrogen-bond acceptors (Lipinski definition) is 4. The van der Waals surface area contributed by atoms with E-state index in [1.54, 1.807) is 23.5 Å². The fourth-order valence-electron chi connectivity index (χ4n) is 6.10. The molecule has 1 amide bonds. The number of thiophene rings is 1. The fraction of sp³-hybridized carbons (Fsp3) is 0.355. The van der Waals surface area contributed by atoms with E-state index in [1.807, 2.05) is 23.1 Å². The minimum atomic E-state index is -0.969. The van der Waals surface area contributed by atoms with Gasteiger partial charge in [-0.25, -0.2) is 4.79 Å². The summed E-state index contributed by atoms with van der Waals surface area (Å²) in [6, 6.07) is 17.8. The number of carbonyl (C=O) groups excluding carboxylic acids is 1. The summed E-state index contributed by atoms with van der Waals surface area (Å²) in [6.07, 6.45) is 5.77. The number of morpholine rings is 1. The quantitative estimate of drug-likeness (QED) is 0.268. The summed E-state index contributed by atoms with van der Waals surface area (Å²) < 4.78 is 8.29. The molecule has 2 aromatic heterocycles. The van der Waals surface area contributed by atoms with Crippen molar-refractivity contribution in [2.75, 3.05) is 26.3 Å². The van der Waals surface area contributed by atoms with Gasteiger partial charge in [-0.15, -0.1) is 11.3 Å². The summed E-state index contributed by atoms with van der Waals surface area (Å²) in [4.78, 5) is 28.5. The van der Waals surface area contributed by atoms with E-state index in [0.717, 1.165) is 49.8 Å². The second kappa shape index (κ2) is 11.2. The van der Waals surface area contributed by atoms with E-state index in [9.17, 15) is 14.7 Å². The molecule has 1 aliphatic heterocycles. The molecule has 6 rings (SSSR count). The van der Waals surface area contributed by atoms with Crippen LogP contribution < -0.4 is 0 Å². The van der Waals surface area contributed by atoms with Crippen LogP contribution in [0, 0.1) is 0 Å². The van der Waals surface area contributed by atoms with Gasteiger partial charge in [0.1, 0.15) is 6.54 Å². The Morgan fingerprint density at radius 1 is 0.949 bits per heavy atom. The van der Waals surface area contributed by atoms with Crippen LogP contribution in [0.1, 0.15) is 53.9 Å². The molecular formula is C31H31ClN2O4S. The lowest BCUT2D eigenvalue weighted by atomic mass is 9.81. The number of benzene rings is 2. The summed E-state index contributed by atoms with van der Waals surface area (Å²) in [5.74, 6) is -0.580. The van der Waals surface area contributed by atoms with Crippen LogP contribution in [0.2, 0.25) is 4.34 Å². The number of hydrogen-bond donors (Lipinski definition) is 1. The fourth-order valence-corrected chi connectivity index (χ4v) is 7.15. The average molecular weight is 563 g/mol. The topological polar surface area (TPSA) is 71.8 Å². The molecule has 0 atom stereocenters. The third-order valence-corrected chi connectivity index (χ3v) is 9.32. The largest absolute Gasteiger partial charge is 0.478 e. The molecule has 2 fully saturated rings. The number of aromatic carboxylic acids is 1. The van der Waals surface area contributed by atoms with E-state index in [0.29, 0.717) is 32.2 Å².